The van der Waals surface area contributed by atoms with Gasteiger partial charge < -0.3 is 19.8 Å². The van der Waals surface area contributed by atoms with Crippen molar-refractivity contribution in [3.8, 4) is 0 Å². The Hall–Kier alpha value is -1.17. The van der Waals surface area contributed by atoms with E-state index in [2.05, 4.69) is 0 Å². The van der Waals surface area contributed by atoms with Crippen molar-refractivity contribution >= 4 is 5.69 Å². The third-order valence-corrected chi connectivity index (χ3v) is 2.72. The Bertz CT molecular complexity index is 371. The number of rotatable bonds is 7. The summed E-state index contributed by atoms with van der Waals surface area (Å²) in [5.74, 6) is -0.384. The zero-order valence-corrected chi connectivity index (χ0v) is 10.8. The fourth-order valence-electron chi connectivity index (χ4n) is 1.82. The molecule has 1 aromatic carbocycles. The molecule has 0 aliphatic carbocycles. The lowest BCUT2D eigenvalue weighted by Crippen LogP contribution is -2.31. The Balaban J connectivity index is 3.01. The van der Waals surface area contributed by atoms with Gasteiger partial charge in [-0.15, -0.1) is 0 Å². The van der Waals surface area contributed by atoms with Crippen LogP contribution in [0.3, 0.4) is 0 Å². The molecule has 1 aromatic rings. The van der Waals surface area contributed by atoms with Crippen molar-refractivity contribution in [2.24, 2.45) is 0 Å². The molecule has 0 aromatic heterocycles. The normalized spacial score (nSPS) is 12.5. The highest BCUT2D eigenvalue weighted by molar-refractivity contribution is 5.54. The molecule has 2 N–H and O–H groups in total. The maximum atomic E-state index is 13.2. The van der Waals surface area contributed by atoms with E-state index in [0.717, 1.165) is 5.69 Å². The lowest BCUT2D eigenvalue weighted by molar-refractivity contribution is 0.195. The minimum Gasteiger partial charge on any atom is -0.395 e. The van der Waals surface area contributed by atoms with Crippen molar-refractivity contribution in [2.75, 3.05) is 38.3 Å². The molecule has 18 heavy (non-hydrogen) atoms. The molecule has 0 amide bonds. The Kier molecular flexibility index (Phi) is 6.04. The maximum absolute atomic E-state index is 13.2. The predicted octanol–water partition coefficient (Wildman–Crippen LogP) is 1.32. The quantitative estimate of drug-likeness (QED) is 0.773. The summed E-state index contributed by atoms with van der Waals surface area (Å²) in [6.07, 6.45) is -0.764. The second-order valence-corrected chi connectivity index (χ2v) is 4.08. The van der Waals surface area contributed by atoms with E-state index in [-0.39, 0.29) is 12.4 Å². The Morgan fingerprint density at radius 1 is 1.39 bits per heavy atom. The molecule has 102 valence electrons. The van der Waals surface area contributed by atoms with Gasteiger partial charge in [-0.1, -0.05) is 0 Å². The molecule has 0 heterocycles. The van der Waals surface area contributed by atoms with Crippen molar-refractivity contribution in [3.05, 3.63) is 29.6 Å². The molecule has 0 saturated heterocycles. The predicted molar refractivity (Wildman–Crippen MR) is 68.2 cm³/mol. The largest absolute Gasteiger partial charge is 0.395 e. The maximum Gasteiger partial charge on any atom is 0.123 e. The van der Waals surface area contributed by atoms with E-state index < -0.39 is 6.10 Å². The topological polar surface area (TPSA) is 52.9 Å². The van der Waals surface area contributed by atoms with Crippen LogP contribution in [0.15, 0.2) is 18.2 Å². The average molecular weight is 257 g/mol. The first-order valence-corrected chi connectivity index (χ1v) is 5.92. The number of hydrogen-bond donors (Lipinski definition) is 2. The van der Waals surface area contributed by atoms with Crippen LogP contribution in [-0.4, -0.2) is 43.6 Å². The van der Waals surface area contributed by atoms with Crippen LogP contribution in [0.4, 0.5) is 10.1 Å². The number of benzene rings is 1. The number of aliphatic hydroxyl groups excluding tert-OH is 2. The van der Waals surface area contributed by atoms with Gasteiger partial charge in [0.25, 0.3) is 0 Å². The zero-order chi connectivity index (χ0) is 13.5. The van der Waals surface area contributed by atoms with Crippen molar-refractivity contribution in [1.29, 1.82) is 0 Å². The van der Waals surface area contributed by atoms with Crippen LogP contribution >= 0.6 is 0 Å². The third kappa shape index (κ3) is 3.94. The van der Waals surface area contributed by atoms with E-state index in [9.17, 15) is 9.50 Å². The van der Waals surface area contributed by atoms with E-state index in [4.69, 9.17) is 9.84 Å². The summed E-state index contributed by atoms with van der Waals surface area (Å²) in [5, 5.41) is 18.7. The number of anilines is 1. The van der Waals surface area contributed by atoms with Gasteiger partial charge in [0, 0.05) is 31.5 Å². The van der Waals surface area contributed by atoms with Gasteiger partial charge in [0.1, 0.15) is 5.82 Å². The van der Waals surface area contributed by atoms with Gasteiger partial charge in [-0.2, -0.15) is 0 Å². The van der Waals surface area contributed by atoms with Gasteiger partial charge in [-0.3, -0.25) is 0 Å². The van der Waals surface area contributed by atoms with Gasteiger partial charge >= 0.3 is 0 Å². The van der Waals surface area contributed by atoms with Crippen LogP contribution in [0.2, 0.25) is 0 Å². The Morgan fingerprint density at radius 2 is 2.11 bits per heavy atom. The van der Waals surface area contributed by atoms with E-state index in [1.165, 1.54) is 12.1 Å². The highest BCUT2D eigenvalue weighted by Crippen LogP contribution is 2.27. The highest BCUT2D eigenvalue weighted by atomic mass is 19.1. The summed E-state index contributed by atoms with van der Waals surface area (Å²) >= 11 is 0. The molecule has 0 bridgehead atoms. The summed E-state index contributed by atoms with van der Waals surface area (Å²) < 4.78 is 18.2. The lowest BCUT2D eigenvalue weighted by atomic mass is 10.1. The van der Waals surface area contributed by atoms with Crippen molar-refractivity contribution in [3.63, 3.8) is 0 Å². The molecule has 4 nitrogen and oxygen atoms in total. The number of halogens is 1. The van der Waals surface area contributed by atoms with Crippen LogP contribution in [0.25, 0.3) is 0 Å². The van der Waals surface area contributed by atoms with Crippen molar-refractivity contribution in [2.45, 2.75) is 13.0 Å². The number of aliphatic hydroxyl groups is 2. The molecule has 5 heteroatoms. The number of ether oxygens (including phenoxy) is 1. The van der Waals surface area contributed by atoms with Gasteiger partial charge in [0.05, 0.1) is 19.3 Å². The van der Waals surface area contributed by atoms with E-state index in [1.807, 2.05) is 4.90 Å². The first kappa shape index (κ1) is 14.9. The van der Waals surface area contributed by atoms with Gasteiger partial charge in [0.15, 0.2) is 0 Å². The van der Waals surface area contributed by atoms with Gasteiger partial charge in [0.2, 0.25) is 0 Å². The second kappa shape index (κ2) is 7.31. The fourth-order valence-corrected chi connectivity index (χ4v) is 1.82. The summed E-state index contributed by atoms with van der Waals surface area (Å²) in [6.45, 7) is 3.06. The monoisotopic (exact) mass is 257 g/mol. The molecule has 0 spiro atoms. The van der Waals surface area contributed by atoms with E-state index in [0.29, 0.717) is 25.3 Å². The molecule has 0 radical (unpaired) electrons. The summed E-state index contributed by atoms with van der Waals surface area (Å²) in [5.41, 5.74) is 1.23. The molecule has 0 aliphatic heterocycles. The summed E-state index contributed by atoms with van der Waals surface area (Å²) in [4.78, 5) is 1.87. The van der Waals surface area contributed by atoms with Crippen molar-refractivity contribution in [1.82, 2.24) is 0 Å². The molecular formula is C13H20FNO3. The van der Waals surface area contributed by atoms with Crippen LogP contribution in [-0.2, 0) is 4.74 Å². The van der Waals surface area contributed by atoms with Gasteiger partial charge in [-0.25, -0.2) is 4.39 Å². The van der Waals surface area contributed by atoms with Crippen LogP contribution in [0.1, 0.15) is 18.6 Å². The SMILES string of the molecule is COCCN(CCO)c1ccc(F)cc1[C@@H](C)O. The first-order valence-electron chi connectivity index (χ1n) is 5.92. The number of nitrogens with zero attached hydrogens (tertiary/aromatic N) is 1. The molecule has 0 unspecified atom stereocenters. The standard InChI is InChI=1S/C13H20FNO3/c1-10(17)12-9-11(14)3-4-13(12)15(5-7-16)6-8-18-2/h3-4,9-10,16-17H,5-8H2,1-2H3/t10-/m1/s1. The minimum absolute atomic E-state index is 0.0136. The van der Waals surface area contributed by atoms with Crippen LogP contribution in [0, 0.1) is 5.82 Å². The lowest BCUT2D eigenvalue weighted by Gasteiger charge is -2.27. The molecule has 0 saturated carbocycles. The van der Waals surface area contributed by atoms with Crippen LogP contribution < -0.4 is 4.90 Å². The average Bonchev–Trinajstić information content (AvgIpc) is 2.34. The second-order valence-electron chi connectivity index (χ2n) is 4.08. The smallest absolute Gasteiger partial charge is 0.123 e. The Labute approximate surface area is 107 Å². The van der Waals surface area contributed by atoms with E-state index in [1.54, 1.807) is 20.1 Å². The van der Waals surface area contributed by atoms with Crippen LogP contribution in [0.5, 0.6) is 0 Å². The van der Waals surface area contributed by atoms with Gasteiger partial charge in [-0.05, 0) is 25.1 Å². The molecule has 1 atom stereocenters. The summed E-state index contributed by atoms with van der Waals surface area (Å²) in [7, 11) is 1.59. The highest BCUT2D eigenvalue weighted by Gasteiger charge is 2.15. The number of hydrogen-bond acceptors (Lipinski definition) is 4. The first-order chi connectivity index (χ1) is 8.60. The minimum atomic E-state index is -0.764. The molecule has 0 aliphatic rings. The van der Waals surface area contributed by atoms with E-state index >= 15 is 0 Å². The van der Waals surface area contributed by atoms with Crippen molar-refractivity contribution < 1.29 is 19.3 Å². The Morgan fingerprint density at radius 3 is 2.67 bits per heavy atom. The molecule has 1 rings (SSSR count). The molecular weight excluding hydrogens is 237 g/mol. The summed E-state index contributed by atoms with van der Waals surface area (Å²) in [6, 6.07) is 4.28. The fraction of sp³-hybridized carbons (Fsp3) is 0.538. The zero-order valence-electron chi connectivity index (χ0n) is 10.8. The number of methoxy groups -OCH3 is 1. The molecule has 0 fully saturated rings. The third-order valence-electron chi connectivity index (χ3n) is 2.72.